The first kappa shape index (κ1) is 10.7. The van der Waals surface area contributed by atoms with Crippen molar-refractivity contribution < 1.29 is 4.39 Å². The Balaban J connectivity index is 3.41. The lowest BCUT2D eigenvalue weighted by Crippen LogP contribution is -1.95. The minimum atomic E-state index is -0.383. The van der Waals surface area contributed by atoms with Gasteiger partial charge in [0.05, 0.1) is 11.6 Å². The number of allylic oxidation sites excluding steroid dienone is 1. The van der Waals surface area contributed by atoms with Crippen molar-refractivity contribution in [3.63, 3.8) is 0 Å². The van der Waals surface area contributed by atoms with Crippen molar-refractivity contribution >= 4 is 17.2 Å². The van der Waals surface area contributed by atoms with E-state index >= 15 is 0 Å². The first-order chi connectivity index (χ1) is 6.60. The Bertz CT molecular complexity index is 418. The summed E-state index contributed by atoms with van der Waals surface area (Å²) in [5.41, 5.74) is 1.23. The van der Waals surface area contributed by atoms with Gasteiger partial charge in [0.25, 0.3) is 0 Å². The minimum absolute atomic E-state index is 0.239. The van der Waals surface area contributed by atoms with Crippen molar-refractivity contribution in [2.45, 2.75) is 13.3 Å². The highest BCUT2D eigenvalue weighted by atomic mass is 35.5. The van der Waals surface area contributed by atoms with E-state index in [1.807, 2.05) is 13.0 Å². The molecule has 0 aromatic heterocycles. The first-order valence-electron chi connectivity index (χ1n) is 4.17. The third kappa shape index (κ3) is 1.94. The van der Waals surface area contributed by atoms with Gasteiger partial charge < -0.3 is 0 Å². The average Bonchev–Trinajstić information content (AvgIpc) is 2.15. The maximum atomic E-state index is 13.4. The molecule has 0 aliphatic carbocycles. The summed E-state index contributed by atoms with van der Waals surface area (Å²) in [4.78, 5) is 0. The molecule has 0 heterocycles. The van der Waals surface area contributed by atoms with E-state index in [0.29, 0.717) is 17.5 Å². The Hall–Kier alpha value is -1.33. The van der Waals surface area contributed by atoms with Gasteiger partial charge in [-0.2, -0.15) is 5.26 Å². The second-order valence-electron chi connectivity index (χ2n) is 2.86. The Morgan fingerprint density at radius 3 is 2.79 bits per heavy atom. The number of hydrogen-bond acceptors (Lipinski definition) is 1. The highest BCUT2D eigenvalue weighted by Crippen LogP contribution is 2.25. The molecular formula is C11H9ClFN. The second-order valence-corrected chi connectivity index (χ2v) is 3.29. The van der Waals surface area contributed by atoms with Gasteiger partial charge in [0.1, 0.15) is 5.82 Å². The zero-order chi connectivity index (χ0) is 10.7. The van der Waals surface area contributed by atoms with Crippen molar-refractivity contribution in [3.8, 4) is 6.07 Å². The van der Waals surface area contributed by atoms with E-state index in [0.717, 1.165) is 0 Å². The van der Waals surface area contributed by atoms with Crippen molar-refractivity contribution in [2.75, 3.05) is 0 Å². The van der Waals surface area contributed by atoms with Crippen LogP contribution in [0.3, 0.4) is 0 Å². The van der Waals surface area contributed by atoms with E-state index in [2.05, 4.69) is 6.58 Å². The van der Waals surface area contributed by atoms with Gasteiger partial charge in [-0.1, -0.05) is 25.1 Å². The number of halogens is 2. The molecule has 1 aromatic carbocycles. The van der Waals surface area contributed by atoms with E-state index in [1.165, 1.54) is 6.07 Å². The molecule has 72 valence electrons. The molecule has 0 atom stereocenters. The van der Waals surface area contributed by atoms with Crippen LogP contribution in [0.4, 0.5) is 4.39 Å². The predicted octanol–water partition coefficient (Wildman–Crippen LogP) is 3.58. The van der Waals surface area contributed by atoms with Crippen LogP contribution in [-0.2, 0) is 6.42 Å². The normalized spacial score (nSPS) is 9.57. The molecule has 0 aliphatic heterocycles. The van der Waals surface area contributed by atoms with Crippen molar-refractivity contribution in [1.29, 1.82) is 5.26 Å². The molecule has 0 radical (unpaired) electrons. The first-order valence-corrected chi connectivity index (χ1v) is 4.55. The molecular weight excluding hydrogens is 201 g/mol. The predicted molar refractivity (Wildman–Crippen MR) is 55.4 cm³/mol. The van der Waals surface area contributed by atoms with Gasteiger partial charge in [0.2, 0.25) is 0 Å². The van der Waals surface area contributed by atoms with Crippen LogP contribution in [-0.4, -0.2) is 0 Å². The third-order valence-corrected chi connectivity index (χ3v) is 2.19. The van der Waals surface area contributed by atoms with Gasteiger partial charge in [-0.25, -0.2) is 4.39 Å². The molecule has 1 rings (SSSR count). The summed E-state index contributed by atoms with van der Waals surface area (Å²) >= 11 is 5.69. The van der Waals surface area contributed by atoms with Crippen molar-refractivity contribution in [1.82, 2.24) is 0 Å². The zero-order valence-corrected chi connectivity index (χ0v) is 8.53. The number of hydrogen-bond donors (Lipinski definition) is 0. The molecule has 0 fully saturated rings. The maximum Gasteiger partial charge on any atom is 0.128 e. The largest absolute Gasteiger partial charge is 0.207 e. The third-order valence-electron chi connectivity index (χ3n) is 1.97. The lowest BCUT2D eigenvalue weighted by atomic mass is 9.99. The molecule has 0 bridgehead atoms. The van der Waals surface area contributed by atoms with Gasteiger partial charge in [-0.05, 0) is 29.7 Å². The van der Waals surface area contributed by atoms with E-state index in [4.69, 9.17) is 16.9 Å². The molecule has 0 spiro atoms. The van der Waals surface area contributed by atoms with E-state index in [9.17, 15) is 4.39 Å². The number of benzene rings is 1. The minimum Gasteiger partial charge on any atom is -0.207 e. The van der Waals surface area contributed by atoms with Gasteiger partial charge >= 0.3 is 0 Å². The number of nitrogens with zero attached hydrogens (tertiary/aromatic N) is 1. The van der Waals surface area contributed by atoms with Crippen LogP contribution in [0.5, 0.6) is 0 Å². The average molecular weight is 210 g/mol. The zero-order valence-electron chi connectivity index (χ0n) is 7.77. The molecule has 0 unspecified atom stereocenters. The number of nitriles is 1. The van der Waals surface area contributed by atoms with Crippen LogP contribution in [0, 0.1) is 17.1 Å². The fraction of sp³-hybridized carbons (Fsp3) is 0.182. The Morgan fingerprint density at radius 2 is 2.29 bits per heavy atom. The quantitative estimate of drug-likeness (QED) is 0.683. The summed E-state index contributed by atoms with van der Waals surface area (Å²) in [7, 11) is 0. The molecule has 0 aliphatic rings. The van der Waals surface area contributed by atoms with Crippen molar-refractivity contribution in [2.24, 2.45) is 0 Å². The fourth-order valence-electron chi connectivity index (χ4n) is 1.29. The Morgan fingerprint density at radius 1 is 1.64 bits per heavy atom. The topological polar surface area (TPSA) is 23.8 Å². The fourth-order valence-corrected chi connectivity index (χ4v) is 1.50. The number of rotatable bonds is 2. The Kier molecular flexibility index (Phi) is 3.27. The molecule has 0 saturated heterocycles. The smallest absolute Gasteiger partial charge is 0.128 e. The molecule has 0 saturated carbocycles. The van der Waals surface area contributed by atoms with E-state index in [-0.39, 0.29) is 16.4 Å². The van der Waals surface area contributed by atoms with Gasteiger partial charge in [-0.15, -0.1) is 0 Å². The molecule has 1 aromatic rings. The molecule has 0 amide bonds. The SMILES string of the molecule is C=C(C#N)c1cc(Cl)cc(F)c1CC. The lowest BCUT2D eigenvalue weighted by Gasteiger charge is -2.07. The molecule has 0 N–H and O–H groups in total. The summed E-state index contributed by atoms with van der Waals surface area (Å²) in [6.07, 6.45) is 0.513. The van der Waals surface area contributed by atoms with E-state index < -0.39 is 0 Å². The standard InChI is InChI=1S/C11H9ClFN/c1-3-9-10(7(2)6-14)4-8(12)5-11(9)13/h4-5H,2-3H2,1H3. The highest BCUT2D eigenvalue weighted by Gasteiger charge is 2.10. The molecule has 14 heavy (non-hydrogen) atoms. The van der Waals surface area contributed by atoms with Crippen LogP contribution in [0.25, 0.3) is 5.57 Å². The summed E-state index contributed by atoms with van der Waals surface area (Å²) in [5, 5.41) is 8.96. The van der Waals surface area contributed by atoms with Crippen LogP contribution in [0.1, 0.15) is 18.1 Å². The summed E-state index contributed by atoms with van der Waals surface area (Å²) < 4.78 is 13.4. The Labute approximate surface area is 87.4 Å². The van der Waals surface area contributed by atoms with Gasteiger partial charge in [-0.3, -0.25) is 0 Å². The van der Waals surface area contributed by atoms with Crippen LogP contribution in [0.2, 0.25) is 5.02 Å². The van der Waals surface area contributed by atoms with E-state index in [1.54, 1.807) is 6.07 Å². The van der Waals surface area contributed by atoms with Crippen LogP contribution in [0.15, 0.2) is 18.7 Å². The van der Waals surface area contributed by atoms with Gasteiger partial charge in [0, 0.05) is 5.02 Å². The van der Waals surface area contributed by atoms with Crippen LogP contribution < -0.4 is 0 Å². The van der Waals surface area contributed by atoms with Crippen LogP contribution >= 0.6 is 11.6 Å². The molecule has 1 nitrogen and oxygen atoms in total. The monoisotopic (exact) mass is 209 g/mol. The lowest BCUT2D eigenvalue weighted by molar-refractivity contribution is 0.611. The maximum absolute atomic E-state index is 13.4. The highest BCUT2D eigenvalue weighted by molar-refractivity contribution is 6.30. The summed E-state index contributed by atoms with van der Waals surface area (Å²) in [5.74, 6) is -0.383. The summed E-state index contributed by atoms with van der Waals surface area (Å²) in [6, 6.07) is 4.70. The summed E-state index contributed by atoms with van der Waals surface area (Å²) in [6.45, 7) is 5.37. The second kappa shape index (κ2) is 4.26. The van der Waals surface area contributed by atoms with Gasteiger partial charge in [0.15, 0.2) is 0 Å². The van der Waals surface area contributed by atoms with Crippen molar-refractivity contribution in [3.05, 3.63) is 40.7 Å². The molecule has 3 heteroatoms.